The second kappa shape index (κ2) is 37.3. The molecule has 0 aromatic carbocycles. The van der Waals surface area contributed by atoms with Crippen LogP contribution in [0.25, 0.3) is 0 Å². The molecule has 0 unspecified atom stereocenters. The summed E-state index contributed by atoms with van der Waals surface area (Å²) in [5.74, 6) is 0. The van der Waals surface area contributed by atoms with Crippen LogP contribution < -0.4 is 0 Å². The standard InChI is InChI=1S/CH2O3.Ca.Ce.Nd.2H2O.Sr.4H/c2-1(3)4;;;;;;;;;;/h(H2,2,3,4);;;;2*1H2;;;;;/q;+2;;;;;+2;4*-1. The molecule has 0 spiro atoms. The average molecular weight is 514 g/mol. The molecule has 0 aliphatic rings. The van der Waals surface area contributed by atoms with Gasteiger partial charge in [0.2, 0.25) is 0 Å². The van der Waals surface area contributed by atoms with Crippen molar-refractivity contribution in [2.75, 3.05) is 0 Å². The van der Waals surface area contributed by atoms with E-state index in [1.165, 1.54) is 0 Å². The van der Waals surface area contributed by atoms with E-state index >= 15 is 0 Å². The van der Waals surface area contributed by atoms with Gasteiger partial charge < -0.3 is 26.9 Å². The van der Waals surface area contributed by atoms with Gasteiger partial charge in [0.1, 0.15) is 0 Å². The SMILES string of the molecule is O.O.O=C(O)O.[Ca+2].[Ce].[H-].[H-].[H-].[H-].[Nd].[Sr+2]. The molecule has 0 aromatic rings. The Kier molecular flexibility index (Phi) is 174. The fourth-order valence-electron chi connectivity index (χ4n) is 0. The molecule has 10 heavy (non-hydrogen) atoms. The summed E-state index contributed by atoms with van der Waals surface area (Å²) in [6.45, 7) is 0. The first kappa shape index (κ1) is 46.6. The minimum absolute atomic E-state index is 0. The van der Waals surface area contributed by atoms with Gasteiger partial charge in [0.15, 0.2) is 0 Å². The van der Waals surface area contributed by atoms with Gasteiger partial charge in [-0.1, -0.05) is 0 Å². The molecule has 0 aliphatic carbocycles. The summed E-state index contributed by atoms with van der Waals surface area (Å²) >= 11 is 0. The second-order valence-corrected chi connectivity index (χ2v) is 0.283. The summed E-state index contributed by atoms with van der Waals surface area (Å²) in [5.41, 5.74) is 0. The van der Waals surface area contributed by atoms with Gasteiger partial charge in [0, 0.05) is 82.6 Å². The smallest absolute Gasteiger partial charge is 1.00 e. The largest absolute Gasteiger partial charge is 2.00 e. The Labute approximate surface area is 198 Å². The van der Waals surface area contributed by atoms with Crippen LogP contribution in [0.15, 0.2) is 0 Å². The van der Waals surface area contributed by atoms with Crippen LogP contribution in [-0.4, -0.2) is 111 Å². The van der Waals surface area contributed by atoms with E-state index < -0.39 is 6.16 Å². The van der Waals surface area contributed by atoms with Gasteiger partial charge in [-0.05, 0) is 0 Å². The van der Waals surface area contributed by atoms with E-state index in [1.807, 2.05) is 0 Å². The van der Waals surface area contributed by atoms with Gasteiger partial charge >= 0.3 is 89.4 Å². The maximum absolute atomic E-state index is 8.56. The van der Waals surface area contributed by atoms with E-state index in [2.05, 4.69) is 0 Å². The van der Waals surface area contributed by atoms with Crippen molar-refractivity contribution in [3.05, 3.63) is 0 Å². The maximum atomic E-state index is 8.56. The first-order valence-corrected chi connectivity index (χ1v) is 0.651. The van der Waals surface area contributed by atoms with Crippen molar-refractivity contribution in [2.24, 2.45) is 0 Å². The molecule has 0 aliphatic heterocycles. The van der Waals surface area contributed by atoms with E-state index in [0.717, 1.165) is 0 Å². The molecule has 56 valence electrons. The number of hydrogen-bond acceptors (Lipinski definition) is 1. The minimum Gasteiger partial charge on any atom is -1.00 e. The summed E-state index contributed by atoms with van der Waals surface area (Å²) in [6, 6.07) is 0. The van der Waals surface area contributed by atoms with Crippen LogP contribution in [0.4, 0.5) is 4.79 Å². The van der Waals surface area contributed by atoms with Crippen molar-refractivity contribution in [3.63, 3.8) is 0 Å². The van der Waals surface area contributed by atoms with Crippen LogP contribution in [0.2, 0.25) is 0 Å². The van der Waals surface area contributed by atoms with Gasteiger partial charge in [-0.25, -0.2) is 4.79 Å². The Morgan fingerprint density at radius 2 is 1.20 bits per heavy atom. The molecule has 0 rings (SSSR count). The van der Waals surface area contributed by atoms with Gasteiger partial charge in [-0.3, -0.25) is 0 Å². The molecule has 0 saturated heterocycles. The summed E-state index contributed by atoms with van der Waals surface area (Å²) in [4.78, 5) is 8.56. The molecule has 0 radical (unpaired) electrons. The van der Waals surface area contributed by atoms with Gasteiger partial charge in [0.25, 0.3) is 0 Å². The third-order valence-electron chi connectivity index (χ3n) is 0. The normalized spacial score (nSPS) is 2.40. The van der Waals surface area contributed by atoms with Crippen LogP contribution in [-0.2, 0) is 0 Å². The molecule has 0 atom stereocenters. The molecular formula is CH10CaCeNdO5Sr. The second-order valence-electron chi connectivity index (χ2n) is 0.283. The van der Waals surface area contributed by atoms with E-state index in [9.17, 15) is 0 Å². The van der Waals surface area contributed by atoms with Crippen molar-refractivity contribution in [2.45, 2.75) is 0 Å². The Bertz CT molecular complexity index is 56.7. The average Bonchev–Trinajstić information content (AvgIpc) is 0.811. The summed E-state index contributed by atoms with van der Waals surface area (Å²) in [6.07, 6.45) is -1.83. The summed E-state index contributed by atoms with van der Waals surface area (Å²) < 4.78 is 0. The van der Waals surface area contributed by atoms with E-state index in [-0.39, 0.29) is 182 Å². The topological polar surface area (TPSA) is 121 Å². The predicted molar refractivity (Wildman–Crippen MR) is 33.8 cm³/mol. The van der Waals surface area contributed by atoms with Crippen LogP contribution >= 0.6 is 0 Å². The molecular weight excluding hydrogens is 504 g/mol. The minimum atomic E-state index is -1.83. The Balaban J connectivity index is -0.000000001000. The molecule has 9 heteroatoms. The predicted octanol–water partition coefficient (Wildman–Crippen LogP) is -1.74. The van der Waals surface area contributed by atoms with Crippen molar-refractivity contribution in [1.82, 2.24) is 0 Å². The van der Waals surface area contributed by atoms with Gasteiger partial charge in [-0.2, -0.15) is 0 Å². The zero-order chi connectivity index (χ0) is 3.58. The molecule has 0 heterocycles. The number of carbonyl (C=O) groups is 1. The number of rotatable bonds is 0. The molecule has 0 bridgehead atoms. The van der Waals surface area contributed by atoms with Crippen LogP contribution in [0.1, 0.15) is 5.71 Å². The Hall–Kier alpha value is 4.66. The zero-order valence-electron chi connectivity index (χ0n) is 9.22. The van der Waals surface area contributed by atoms with Gasteiger partial charge in [0.05, 0.1) is 0 Å². The van der Waals surface area contributed by atoms with Crippen molar-refractivity contribution in [3.8, 4) is 0 Å². The fourth-order valence-corrected chi connectivity index (χ4v) is 0. The molecule has 6 N–H and O–H groups in total. The number of carboxylic acid groups (broad SMARTS) is 2. The maximum Gasteiger partial charge on any atom is 2.00 e. The zero-order valence-corrected chi connectivity index (χ0v) is 17.2. The third kappa shape index (κ3) is 79.3. The monoisotopic (exact) mass is 512 g/mol. The van der Waals surface area contributed by atoms with Crippen molar-refractivity contribution < 1.29 is 114 Å². The third-order valence-corrected chi connectivity index (χ3v) is 0. The first-order chi connectivity index (χ1) is 1.73. The molecule has 0 saturated carbocycles. The molecule has 0 amide bonds. The summed E-state index contributed by atoms with van der Waals surface area (Å²) in [5, 5.41) is 13.9. The van der Waals surface area contributed by atoms with Crippen molar-refractivity contribution >= 4 is 89.4 Å². The van der Waals surface area contributed by atoms with Crippen LogP contribution in [0, 0.1) is 82.6 Å². The molecule has 0 fully saturated rings. The Morgan fingerprint density at radius 1 is 1.20 bits per heavy atom. The van der Waals surface area contributed by atoms with Crippen LogP contribution in [0.5, 0.6) is 0 Å². The molecule has 0 aromatic heterocycles. The van der Waals surface area contributed by atoms with E-state index in [4.69, 9.17) is 15.0 Å². The fraction of sp³-hybridized carbons (Fsp3) is 0. The Morgan fingerprint density at radius 3 is 1.20 bits per heavy atom. The van der Waals surface area contributed by atoms with Crippen LogP contribution in [0.3, 0.4) is 0 Å². The van der Waals surface area contributed by atoms with E-state index in [1.54, 1.807) is 0 Å². The quantitative estimate of drug-likeness (QED) is 0.374. The summed E-state index contributed by atoms with van der Waals surface area (Å²) in [7, 11) is 0. The number of hydrogen-bond donors (Lipinski definition) is 2. The molecule has 5 nitrogen and oxygen atoms in total. The van der Waals surface area contributed by atoms with E-state index in [0.29, 0.717) is 0 Å². The first-order valence-electron chi connectivity index (χ1n) is 0.651. The van der Waals surface area contributed by atoms with Gasteiger partial charge in [-0.15, -0.1) is 0 Å². The van der Waals surface area contributed by atoms with Crippen molar-refractivity contribution in [1.29, 1.82) is 0 Å².